The van der Waals surface area contributed by atoms with Gasteiger partial charge < -0.3 is 4.98 Å². The number of hydrogen-bond acceptors (Lipinski definition) is 5. The molecular weight excluding hydrogens is 388 g/mol. The first-order chi connectivity index (χ1) is 15.2. The molecule has 150 valence electrons. The molecule has 0 amide bonds. The molecule has 0 saturated heterocycles. The number of pyridine rings is 3. The van der Waals surface area contributed by atoms with Crippen molar-refractivity contribution in [1.29, 1.82) is 0 Å². The minimum absolute atomic E-state index is 0.810. The Morgan fingerprint density at radius 2 is 1.94 bits per heavy atom. The predicted octanol–water partition coefficient (Wildman–Crippen LogP) is 4.65. The molecule has 0 aliphatic carbocycles. The number of aromatic amines is 2. The van der Waals surface area contributed by atoms with Crippen molar-refractivity contribution < 1.29 is 0 Å². The van der Waals surface area contributed by atoms with E-state index in [4.69, 9.17) is 0 Å². The van der Waals surface area contributed by atoms with E-state index >= 15 is 0 Å². The van der Waals surface area contributed by atoms with E-state index in [1.165, 1.54) is 6.34 Å². The molecule has 0 aliphatic heterocycles. The van der Waals surface area contributed by atoms with Crippen molar-refractivity contribution in [2.45, 2.75) is 6.92 Å². The highest BCUT2D eigenvalue weighted by molar-refractivity contribution is 6.00. The zero-order valence-electron chi connectivity index (χ0n) is 16.7. The fourth-order valence-electron chi connectivity index (χ4n) is 3.51. The van der Waals surface area contributed by atoms with Crippen LogP contribution in [0.3, 0.4) is 0 Å². The van der Waals surface area contributed by atoms with E-state index in [2.05, 4.69) is 52.9 Å². The molecule has 8 nitrogen and oxygen atoms in total. The van der Waals surface area contributed by atoms with Crippen molar-refractivity contribution in [2.24, 2.45) is 9.98 Å². The zero-order chi connectivity index (χ0) is 21.2. The van der Waals surface area contributed by atoms with Crippen molar-refractivity contribution in [3.05, 3.63) is 67.0 Å². The summed E-state index contributed by atoms with van der Waals surface area (Å²) in [6.07, 6.45) is 10.2. The van der Waals surface area contributed by atoms with Crippen LogP contribution in [0.5, 0.6) is 0 Å². The minimum atomic E-state index is 0.810. The van der Waals surface area contributed by atoms with Crippen molar-refractivity contribution in [3.8, 4) is 22.6 Å². The lowest BCUT2D eigenvalue weighted by atomic mass is 10.1. The molecule has 5 aromatic rings. The van der Waals surface area contributed by atoms with Crippen LogP contribution in [-0.2, 0) is 0 Å². The molecule has 5 rings (SSSR count). The van der Waals surface area contributed by atoms with E-state index in [-0.39, 0.29) is 0 Å². The van der Waals surface area contributed by atoms with E-state index < -0.39 is 0 Å². The van der Waals surface area contributed by atoms with Crippen molar-refractivity contribution in [1.82, 2.24) is 30.1 Å². The van der Waals surface area contributed by atoms with Gasteiger partial charge >= 0.3 is 0 Å². The summed E-state index contributed by atoms with van der Waals surface area (Å²) in [5.41, 5.74) is 7.11. The van der Waals surface area contributed by atoms with Gasteiger partial charge in [0.15, 0.2) is 0 Å². The van der Waals surface area contributed by atoms with Crippen LogP contribution in [0.1, 0.15) is 12.6 Å². The summed E-state index contributed by atoms with van der Waals surface area (Å²) in [5.74, 6) is 0. The third kappa shape index (κ3) is 3.40. The second-order valence-corrected chi connectivity index (χ2v) is 6.99. The molecule has 5 aromatic heterocycles. The number of nitrogens with one attached hydrogen (secondary N) is 2. The molecule has 0 aromatic carbocycles. The first-order valence-electron chi connectivity index (χ1n) is 9.62. The third-order valence-corrected chi connectivity index (χ3v) is 5.01. The van der Waals surface area contributed by atoms with Gasteiger partial charge in [-0.3, -0.25) is 25.0 Å². The maximum absolute atomic E-state index is 4.58. The van der Waals surface area contributed by atoms with Crippen LogP contribution in [0.4, 0.5) is 0 Å². The van der Waals surface area contributed by atoms with Crippen LogP contribution < -0.4 is 0 Å². The molecule has 0 bridgehead atoms. The summed E-state index contributed by atoms with van der Waals surface area (Å²) >= 11 is 0. The lowest BCUT2D eigenvalue weighted by Crippen LogP contribution is -1.86. The average Bonchev–Trinajstić information content (AvgIpc) is 3.43. The quantitative estimate of drug-likeness (QED) is 0.327. The molecule has 31 heavy (non-hydrogen) atoms. The van der Waals surface area contributed by atoms with Gasteiger partial charge in [-0.05, 0) is 49.5 Å². The Hall–Kier alpha value is -4.46. The molecule has 0 aliphatic rings. The Kier molecular flexibility index (Phi) is 4.64. The van der Waals surface area contributed by atoms with Gasteiger partial charge in [0.05, 0.1) is 28.8 Å². The first kappa shape index (κ1) is 18.6. The van der Waals surface area contributed by atoms with Crippen LogP contribution in [0.2, 0.25) is 0 Å². The maximum atomic E-state index is 4.58. The Labute approximate surface area is 177 Å². The molecule has 8 heteroatoms. The van der Waals surface area contributed by atoms with Gasteiger partial charge in [-0.15, -0.1) is 0 Å². The van der Waals surface area contributed by atoms with Crippen molar-refractivity contribution >= 4 is 40.4 Å². The highest BCUT2D eigenvalue weighted by atomic mass is 15.1. The number of H-pyrrole nitrogens is 2. The van der Waals surface area contributed by atoms with Gasteiger partial charge in [-0.2, -0.15) is 5.10 Å². The molecule has 0 fully saturated rings. The van der Waals surface area contributed by atoms with Crippen molar-refractivity contribution in [2.75, 3.05) is 0 Å². The Morgan fingerprint density at radius 3 is 2.77 bits per heavy atom. The fourth-order valence-corrected chi connectivity index (χ4v) is 3.51. The van der Waals surface area contributed by atoms with Gasteiger partial charge in [0.1, 0.15) is 12.0 Å². The Balaban J connectivity index is 1.63. The summed E-state index contributed by atoms with van der Waals surface area (Å²) in [6, 6.07) is 9.94. The SMILES string of the molecule is C=N/C=N\C=C(/C)c1cc2c(-c3cc4c(-c5cccnc5)nccc4[nH]3)n[nH]c2cn1. The maximum Gasteiger partial charge on any atom is 0.116 e. The average molecular weight is 406 g/mol. The van der Waals surface area contributed by atoms with Gasteiger partial charge in [0.2, 0.25) is 0 Å². The van der Waals surface area contributed by atoms with E-state index in [1.54, 1.807) is 24.8 Å². The fraction of sp³-hybridized carbons (Fsp3) is 0.0435. The number of fused-ring (bicyclic) bond motifs is 2. The molecule has 0 spiro atoms. The second kappa shape index (κ2) is 7.75. The smallest absolute Gasteiger partial charge is 0.116 e. The number of hydrogen-bond donors (Lipinski definition) is 2. The standard InChI is InChI=1S/C23H18N8/c1-14(10-26-13-24-2)19-8-17-21(12-28-19)30-31-23(17)20-9-16-18(29-20)5-7-27-22(16)15-4-3-6-25-11-15/h3-13,29H,2H2,1H3,(H,30,31)/b14-10+,26-13-. The molecule has 0 saturated carbocycles. The third-order valence-electron chi connectivity index (χ3n) is 5.01. The molecule has 2 N–H and O–H groups in total. The number of nitrogens with zero attached hydrogens (tertiary/aromatic N) is 6. The zero-order valence-corrected chi connectivity index (χ0v) is 16.7. The summed E-state index contributed by atoms with van der Waals surface area (Å²) in [4.78, 5) is 24.5. The summed E-state index contributed by atoms with van der Waals surface area (Å²) in [5, 5.41) is 9.58. The van der Waals surface area contributed by atoms with Gasteiger partial charge in [0, 0.05) is 46.6 Å². The van der Waals surface area contributed by atoms with Crippen LogP contribution >= 0.6 is 0 Å². The Morgan fingerprint density at radius 1 is 1.03 bits per heavy atom. The van der Waals surface area contributed by atoms with E-state index in [9.17, 15) is 0 Å². The molecular formula is C23H18N8. The minimum Gasteiger partial charge on any atom is -0.353 e. The van der Waals surface area contributed by atoms with E-state index in [0.29, 0.717) is 0 Å². The van der Waals surface area contributed by atoms with E-state index in [0.717, 1.165) is 55.7 Å². The highest BCUT2D eigenvalue weighted by Crippen LogP contribution is 2.33. The number of aromatic nitrogens is 6. The van der Waals surface area contributed by atoms with Gasteiger partial charge in [0.25, 0.3) is 0 Å². The molecule has 5 heterocycles. The van der Waals surface area contributed by atoms with Crippen molar-refractivity contribution in [3.63, 3.8) is 0 Å². The molecule has 0 radical (unpaired) electrons. The monoisotopic (exact) mass is 406 g/mol. The lowest BCUT2D eigenvalue weighted by molar-refractivity contribution is 1.11. The Bertz CT molecular complexity index is 1460. The second-order valence-electron chi connectivity index (χ2n) is 6.99. The van der Waals surface area contributed by atoms with Crippen LogP contribution in [0.15, 0.2) is 71.3 Å². The molecule has 0 unspecified atom stereocenters. The highest BCUT2D eigenvalue weighted by Gasteiger charge is 2.15. The predicted molar refractivity (Wildman–Crippen MR) is 124 cm³/mol. The number of rotatable bonds is 5. The van der Waals surface area contributed by atoms with E-state index in [1.807, 2.05) is 37.4 Å². The summed E-state index contributed by atoms with van der Waals surface area (Å²) < 4.78 is 0. The molecule has 0 atom stereocenters. The van der Waals surface area contributed by atoms with Crippen LogP contribution in [0, 0.1) is 0 Å². The number of aliphatic imine (C=N–C) groups is 2. The first-order valence-corrected chi connectivity index (χ1v) is 9.62. The lowest BCUT2D eigenvalue weighted by Gasteiger charge is -2.00. The largest absolute Gasteiger partial charge is 0.353 e. The number of allylic oxidation sites excluding steroid dienone is 1. The van der Waals surface area contributed by atoms with Crippen LogP contribution in [-0.4, -0.2) is 43.2 Å². The summed E-state index contributed by atoms with van der Waals surface area (Å²) in [7, 11) is 0. The topological polar surface area (TPSA) is 108 Å². The normalized spacial score (nSPS) is 12.2. The van der Waals surface area contributed by atoms with Gasteiger partial charge in [-0.25, -0.2) is 4.99 Å². The van der Waals surface area contributed by atoms with Gasteiger partial charge in [-0.1, -0.05) is 0 Å². The summed E-state index contributed by atoms with van der Waals surface area (Å²) in [6.45, 7) is 5.33. The van der Waals surface area contributed by atoms with Crippen LogP contribution in [0.25, 0.3) is 50.0 Å².